The summed E-state index contributed by atoms with van der Waals surface area (Å²) < 4.78 is 11.6. The van der Waals surface area contributed by atoms with Crippen molar-refractivity contribution in [3.8, 4) is 27.6 Å². The first-order chi connectivity index (χ1) is 18.2. The summed E-state index contributed by atoms with van der Waals surface area (Å²) in [5.74, 6) is 0.633. The van der Waals surface area contributed by atoms with E-state index in [1.807, 2.05) is 25.3 Å². The SMILES string of the molecule is CCOc1ccc(-c2ccc3nc(-c4c(NC(=O)CCNCCOC)sc5c4CCNC5)sc3c2)cn1. The highest BCUT2D eigenvalue weighted by Crippen LogP contribution is 2.45. The Labute approximate surface area is 224 Å². The summed E-state index contributed by atoms with van der Waals surface area (Å²) in [5, 5.41) is 11.7. The lowest BCUT2D eigenvalue weighted by molar-refractivity contribution is -0.116. The number of anilines is 1. The number of ether oxygens (including phenoxy) is 2. The first kappa shape index (κ1) is 25.7. The average molecular weight is 538 g/mol. The van der Waals surface area contributed by atoms with Gasteiger partial charge in [-0.25, -0.2) is 9.97 Å². The number of benzene rings is 1. The number of nitrogens with one attached hydrogen (secondary N) is 3. The van der Waals surface area contributed by atoms with Gasteiger partial charge in [-0.2, -0.15) is 0 Å². The molecule has 0 spiro atoms. The Morgan fingerprint density at radius 1 is 1.16 bits per heavy atom. The van der Waals surface area contributed by atoms with E-state index < -0.39 is 0 Å². The molecule has 194 valence electrons. The molecule has 1 aliphatic heterocycles. The van der Waals surface area contributed by atoms with Gasteiger partial charge in [0, 0.05) is 61.4 Å². The van der Waals surface area contributed by atoms with Gasteiger partial charge in [0.15, 0.2) is 0 Å². The smallest absolute Gasteiger partial charge is 0.226 e. The molecule has 8 nitrogen and oxygen atoms in total. The summed E-state index contributed by atoms with van der Waals surface area (Å²) in [6.45, 7) is 6.26. The third-order valence-corrected chi connectivity index (χ3v) is 8.34. The van der Waals surface area contributed by atoms with Crippen LogP contribution >= 0.6 is 22.7 Å². The Kier molecular flexibility index (Phi) is 8.42. The van der Waals surface area contributed by atoms with Crippen molar-refractivity contribution in [1.82, 2.24) is 20.6 Å². The van der Waals surface area contributed by atoms with Crippen LogP contribution in [0.4, 0.5) is 5.00 Å². The first-order valence-corrected chi connectivity index (χ1v) is 14.1. The van der Waals surface area contributed by atoms with Crippen LogP contribution in [-0.4, -0.2) is 55.8 Å². The number of aromatic nitrogens is 2. The first-order valence-electron chi connectivity index (χ1n) is 12.5. The molecule has 37 heavy (non-hydrogen) atoms. The second kappa shape index (κ2) is 12.1. The summed E-state index contributed by atoms with van der Waals surface area (Å²) in [6, 6.07) is 10.2. The molecule has 3 aromatic heterocycles. The van der Waals surface area contributed by atoms with E-state index in [-0.39, 0.29) is 5.91 Å². The van der Waals surface area contributed by atoms with E-state index in [2.05, 4.69) is 39.1 Å². The topological polar surface area (TPSA) is 97.4 Å². The van der Waals surface area contributed by atoms with Crippen LogP contribution < -0.4 is 20.7 Å². The number of carbonyl (C=O) groups excluding carboxylic acids is 1. The van der Waals surface area contributed by atoms with Crippen molar-refractivity contribution in [2.24, 2.45) is 0 Å². The number of amides is 1. The van der Waals surface area contributed by atoms with Gasteiger partial charge in [0.05, 0.1) is 23.4 Å². The zero-order valence-electron chi connectivity index (χ0n) is 21.1. The molecule has 4 heterocycles. The van der Waals surface area contributed by atoms with Crippen LogP contribution in [0.1, 0.15) is 23.8 Å². The van der Waals surface area contributed by atoms with E-state index in [4.69, 9.17) is 14.5 Å². The molecular formula is C27H31N5O3S2. The molecule has 4 aromatic rings. The number of methoxy groups -OCH3 is 1. The minimum atomic E-state index is 0.00381. The molecule has 0 saturated carbocycles. The fraction of sp³-hybridized carbons (Fsp3) is 0.370. The van der Waals surface area contributed by atoms with Gasteiger partial charge in [0.2, 0.25) is 11.8 Å². The molecule has 10 heteroatoms. The van der Waals surface area contributed by atoms with Gasteiger partial charge in [-0.15, -0.1) is 22.7 Å². The zero-order valence-corrected chi connectivity index (χ0v) is 22.7. The highest BCUT2D eigenvalue weighted by molar-refractivity contribution is 7.23. The van der Waals surface area contributed by atoms with Crippen LogP contribution in [0.15, 0.2) is 36.5 Å². The van der Waals surface area contributed by atoms with Gasteiger partial charge < -0.3 is 25.4 Å². The van der Waals surface area contributed by atoms with Crippen molar-refractivity contribution in [2.75, 3.05) is 45.3 Å². The van der Waals surface area contributed by atoms with E-state index in [0.29, 0.717) is 32.1 Å². The molecule has 1 amide bonds. The number of hydrogen-bond donors (Lipinski definition) is 3. The third-order valence-electron chi connectivity index (χ3n) is 6.16. The Morgan fingerprint density at radius 2 is 2.05 bits per heavy atom. The van der Waals surface area contributed by atoms with Gasteiger partial charge in [-0.05, 0) is 49.2 Å². The Hall–Kier alpha value is -2.89. The predicted octanol–water partition coefficient (Wildman–Crippen LogP) is 4.70. The fourth-order valence-corrected chi connectivity index (χ4v) is 6.72. The molecule has 0 saturated heterocycles. The van der Waals surface area contributed by atoms with Crippen LogP contribution in [0.3, 0.4) is 0 Å². The number of fused-ring (bicyclic) bond motifs is 2. The number of pyridine rings is 1. The van der Waals surface area contributed by atoms with Gasteiger partial charge in [-0.3, -0.25) is 4.79 Å². The normalized spacial score (nSPS) is 13.0. The zero-order chi connectivity index (χ0) is 25.6. The number of thiazole rings is 1. The van der Waals surface area contributed by atoms with Crippen molar-refractivity contribution in [3.63, 3.8) is 0 Å². The molecule has 3 N–H and O–H groups in total. The Bertz CT molecular complexity index is 1370. The molecular weight excluding hydrogens is 506 g/mol. The second-order valence-electron chi connectivity index (χ2n) is 8.70. The summed E-state index contributed by atoms with van der Waals surface area (Å²) in [7, 11) is 1.67. The quantitative estimate of drug-likeness (QED) is 0.239. The highest BCUT2D eigenvalue weighted by Gasteiger charge is 2.25. The van der Waals surface area contributed by atoms with E-state index in [9.17, 15) is 4.79 Å². The number of nitrogens with zero attached hydrogens (tertiary/aromatic N) is 2. The summed E-state index contributed by atoms with van der Waals surface area (Å²) in [4.78, 5) is 23.4. The number of carbonyl (C=O) groups is 1. The van der Waals surface area contributed by atoms with Crippen LogP contribution in [0, 0.1) is 0 Å². The third kappa shape index (κ3) is 6.00. The Morgan fingerprint density at radius 3 is 2.86 bits per heavy atom. The summed E-state index contributed by atoms with van der Waals surface area (Å²) >= 11 is 3.33. The maximum absolute atomic E-state index is 12.8. The van der Waals surface area contributed by atoms with Crippen LogP contribution in [0.2, 0.25) is 0 Å². The number of rotatable bonds is 11. The maximum Gasteiger partial charge on any atom is 0.226 e. The molecule has 1 aromatic carbocycles. The average Bonchev–Trinajstić information content (AvgIpc) is 3.49. The van der Waals surface area contributed by atoms with Crippen molar-refractivity contribution >= 4 is 43.8 Å². The largest absolute Gasteiger partial charge is 0.478 e. The van der Waals surface area contributed by atoms with Gasteiger partial charge in [0.1, 0.15) is 10.0 Å². The van der Waals surface area contributed by atoms with Crippen LogP contribution in [-0.2, 0) is 22.5 Å². The van der Waals surface area contributed by atoms with E-state index in [1.165, 1.54) is 10.4 Å². The molecule has 0 radical (unpaired) electrons. The molecule has 5 rings (SSSR count). The van der Waals surface area contributed by atoms with Gasteiger partial charge >= 0.3 is 0 Å². The van der Waals surface area contributed by atoms with E-state index >= 15 is 0 Å². The van der Waals surface area contributed by atoms with Crippen molar-refractivity contribution < 1.29 is 14.3 Å². The van der Waals surface area contributed by atoms with Gasteiger partial charge in [-0.1, -0.05) is 6.07 Å². The second-order valence-corrected chi connectivity index (χ2v) is 10.8. The lowest BCUT2D eigenvalue weighted by atomic mass is 10.0. The predicted molar refractivity (Wildman–Crippen MR) is 151 cm³/mol. The molecule has 0 atom stereocenters. The monoisotopic (exact) mass is 537 g/mol. The molecule has 0 fully saturated rings. The minimum absolute atomic E-state index is 0.00381. The summed E-state index contributed by atoms with van der Waals surface area (Å²) in [6.07, 6.45) is 3.17. The van der Waals surface area contributed by atoms with E-state index in [0.717, 1.165) is 63.0 Å². The maximum atomic E-state index is 12.8. The summed E-state index contributed by atoms with van der Waals surface area (Å²) in [5.41, 5.74) is 5.45. The Balaban J connectivity index is 1.41. The fourth-order valence-electron chi connectivity index (χ4n) is 4.33. The van der Waals surface area contributed by atoms with Crippen molar-refractivity contribution in [3.05, 3.63) is 47.0 Å². The van der Waals surface area contributed by atoms with Crippen molar-refractivity contribution in [2.45, 2.75) is 26.3 Å². The number of thiophene rings is 1. The lowest BCUT2D eigenvalue weighted by Crippen LogP contribution is -2.24. The standard InChI is InChI=1S/C27H31N5O3S2/c1-3-35-24-7-5-18(15-30-24)17-4-6-20-21(14-17)36-26(31-20)25-19-8-10-29-16-22(19)37-27(25)32-23(33)9-11-28-12-13-34-2/h4-7,14-15,28-29H,3,8-13,16H2,1-2H3,(H,32,33). The highest BCUT2D eigenvalue weighted by atomic mass is 32.1. The van der Waals surface area contributed by atoms with Gasteiger partial charge in [0.25, 0.3) is 0 Å². The molecule has 0 aliphatic carbocycles. The molecule has 1 aliphatic rings. The number of hydrogen-bond acceptors (Lipinski definition) is 9. The molecule has 0 bridgehead atoms. The lowest BCUT2D eigenvalue weighted by Gasteiger charge is -2.13. The minimum Gasteiger partial charge on any atom is -0.478 e. The van der Waals surface area contributed by atoms with Crippen LogP contribution in [0.25, 0.3) is 31.9 Å². The van der Waals surface area contributed by atoms with E-state index in [1.54, 1.807) is 29.8 Å². The molecule has 0 unspecified atom stereocenters. The van der Waals surface area contributed by atoms with Crippen LogP contribution in [0.5, 0.6) is 5.88 Å². The van der Waals surface area contributed by atoms with Crippen molar-refractivity contribution in [1.29, 1.82) is 0 Å².